The summed E-state index contributed by atoms with van der Waals surface area (Å²) >= 11 is 0. The third kappa shape index (κ3) is 3.41. The topological polar surface area (TPSA) is 43.9 Å². The van der Waals surface area contributed by atoms with Gasteiger partial charge in [0.1, 0.15) is 5.82 Å². The monoisotopic (exact) mass is 359 g/mol. The molecule has 1 aromatic carbocycles. The summed E-state index contributed by atoms with van der Waals surface area (Å²) < 4.78 is 13.9. The van der Waals surface area contributed by atoms with E-state index >= 15 is 0 Å². The SMILES string of the molecule is O=C(C1CC1C(=O)N1CCN(c2ccccc2F)CC1)N1CCCCC1. The van der Waals surface area contributed by atoms with E-state index in [-0.39, 0.29) is 29.5 Å². The predicted octanol–water partition coefficient (Wildman–Crippen LogP) is 2.12. The van der Waals surface area contributed by atoms with Gasteiger partial charge in [-0.1, -0.05) is 12.1 Å². The van der Waals surface area contributed by atoms with E-state index in [0.29, 0.717) is 38.3 Å². The molecule has 2 aliphatic heterocycles. The van der Waals surface area contributed by atoms with Gasteiger partial charge in [-0.05, 0) is 37.8 Å². The molecule has 0 radical (unpaired) electrons. The fourth-order valence-electron chi connectivity index (χ4n) is 4.20. The van der Waals surface area contributed by atoms with Gasteiger partial charge in [-0.3, -0.25) is 9.59 Å². The lowest BCUT2D eigenvalue weighted by atomic mass is 10.1. The van der Waals surface area contributed by atoms with Gasteiger partial charge in [0.05, 0.1) is 17.5 Å². The maximum absolute atomic E-state index is 13.9. The number of piperidine rings is 1. The molecule has 2 unspecified atom stereocenters. The number of benzene rings is 1. The summed E-state index contributed by atoms with van der Waals surface area (Å²) in [6.45, 7) is 4.13. The minimum absolute atomic E-state index is 0.105. The van der Waals surface area contributed by atoms with Gasteiger partial charge in [0, 0.05) is 39.3 Å². The molecule has 6 heteroatoms. The first-order valence-corrected chi connectivity index (χ1v) is 9.72. The standard InChI is InChI=1S/C20H26FN3O2/c21-17-6-2-3-7-18(17)22-10-12-24(13-11-22)20(26)16-14-15(16)19(25)23-8-4-1-5-9-23/h2-3,6-7,15-16H,1,4-5,8-14H2. The van der Waals surface area contributed by atoms with Crippen LogP contribution in [0.25, 0.3) is 0 Å². The summed E-state index contributed by atoms with van der Waals surface area (Å²) in [5.41, 5.74) is 0.601. The first kappa shape index (κ1) is 17.3. The second kappa shape index (κ2) is 7.25. The summed E-state index contributed by atoms with van der Waals surface area (Å²) in [5, 5.41) is 0. The first-order valence-electron chi connectivity index (χ1n) is 9.72. The fraction of sp³-hybridized carbons (Fsp3) is 0.600. The third-order valence-electron chi connectivity index (χ3n) is 5.88. The Morgan fingerprint density at radius 3 is 2.00 bits per heavy atom. The molecular weight excluding hydrogens is 333 g/mol. The molecule has 2 heterocycles. The minimum Gasteiger partial charge on any atom is -0.366 e. The lowest BCUT2D eigenvalue weighted by Crippen LogP contribution is -2.50. The number of anilines is 1. The highest BCUT2D eigenvalue weighted by molar-refractivity contribution is 5.92. The molecular formula is C20H26FN3O2. The molecule has 26 heavy (non-hydrogen) atoms. The molecule has 1 saturated carbocycles. The summed E-state index contributed by atoms with van der Waals surface area (Å²) in [5.74, 6) is -0.183. The second-order valence-corrected chi connectivity index (χ2v) is 7.60. The van der Waals surface area contributed by atoms with Crippen LogP contribution < -0.4 is 4.90 Å². The summed E-state index contributed by atoms with van der Waals surface area (Å²) in [6.07, 6.45) is 4.05. The average Bonchev–Trinajstić information content (AvgIpc) is 3.49. The van der Waals surface area contributed by atoms with Gasteiger partial charge in [0.2, 0.25) is 11.8 Å². The maximum atomic E-state index is 13.9. The third-order valence-corrected chi connectivity index (χ3v) is 5.88. The number of nitrogens with zero attached hydrogens (tertiary/aromatic N) is 3. The zero-order valence-electron chi connectivity index (χ0n) is 15.1. The molecule has 2 saturated heterocycles. The first-order chi connectivity index (χ1) is 12.6. The van der Waals surface area contributed by atoms with Crippen LogP contribution in [0.4, 0.5) is 10.1 Å². The number of piperazine rings is 1. The van der Waals surface area contributed by atoms with Crippen molar-refractivity contribution in [3.63, 3.8) is 0 Å². The Kier molecular flexibility index (Phi) is 4.83. The number of halogens is 1. The van der Waals surface area contributed by atoms with Crippen LogP contribution in [0.3, 0.4) is 0 Å². The zero-order valence-corrected chi connectivity index (χ0v) is 15.1. The summed E-state index contributed by atoms with van der Waals surface area (Å²) in [4.78, 5) is 31.1. The van der Waals surface area contributed by atoms with Crippen molar-refractivity contribution < 1.29 is 14.0 Å². The maximum Gasteiger partial charge on any atom is 0.226 e. The number of amides is 2. The molecule has 5 nitrogen and oxygen atoms in total. The highest BCUT2D eigenvalue weighted by Crippen LogP contribution is 2.42. The number of rotatable bonds is 3. The Labute approximate surface area is 153 Å². The van der Waals surface area contributed by atoms with Crippen molar-refractivity contribution >= 4 is 17.5 Å². The van der Waals surface area contributed by atoms with Crippen molar-refractivity contribution in [2.45, 2.75) is 25.7 Å². The van der Waals surface area contributed by atoms with E-state index in [2.05, 4.69) is 0 Å². The molecule has 0 bridgehead atoms. The van der Waals surface area contributed by atoms with E-state index in [1.165, 1.54) is 12.5 Å². The van der Waals surface area contributed by atoms with E-state index in [9.17, 15) is 14.0 Å². The highest BCUT2D eigenvalue weighted by atomic mass is 19.1. The van der Waals surface area contributed by atoms with Gasteiger partial charge in [0.25, 0.3) is 0 Å². The van der Waals surface area contributed by atoms with Crippen molar-refractivity contribution in [1.82, 2.24) is 9.80 Å². The molecule has 4 rings (SSSR count). The summed E-state index contributed by atoms with van der Waals surface area (Å²) in [6, 6.07) is 6.76. The van der Waals surface area contributed by atoms with Crippen molar-refractivity contribution in [2.24, 2.45) is 11.8 Å². The van der Waals surface area contributed by atoms with Crippen LogP contribution in [0.1, 0.15) is 25.7 Å². The van der Waals surface area contributed by atoms with Crippen LogP contribution in [0, 0.1) is 17.7 Å². The van der Waals surface area contributed by atoms with Gasteiger partial charge in [-0.25, -0.2) is 4.39 Å². The predicted molar refractivity (Wildman–Crippen MR) is 97.2 cm³/mol. The normalized spacial score (nSPS) is 26.0. The molecule has 140 valence electrons. The number of carbonyl (C=O) groups is 2. The smallest absolute Gasteiger partial charge is 0.226 e. The van der Waals surface area contributed by atoms with Crippen molar-refractivity contribution in [2.75, 3.05) is 44.2 Å². The van der Waals surface area contributed by atoms with Crippen molar-refractivity contribution in [3.05, 3.63) is 30.1 Å². The molecule has 1 aliphatic carbocycles. The zero-order chi connectivity index (χ0) is 18.1. The second-order valence-electron chi connectivity index (χ2n) is 7.60. The number of hydrogen-bond donors (Lipinski definition) is 0. The van der Waals surface area contributed by atoms with Gasteiger partial charge in [-0.2, -0.15) is 0 Å². The Balaban J connectivity index is 1.29. The van der Waals surface area contributed by atoms with Gasteiger partial charge in [-0.15, -0.1) is 0 Å². The van der Waals surface area contributed by atoms with E-state index < -0.39 is 0 Å². The number of carbonyl (C=O) groups excluding carboxylic acids is 2. The van der Waals surface area contributed by atoms with Gasteiger partial charge in [0.15, 0.2) is 0 Å². The Morgan fingerprint density at radius 2 is 1.38 bits per heavy atom. The van der Waals surface area contributed by atoms with E-state index in [4.69, 9.17) is 0 Å². The lowest BCUT2D eigenvalue weighted by Gasteiger charge is -2.36. The molecule has 0 spiro atoms. The van der Waals surface area contributed by atoms with Crippen LogP contribution in [0.15, 0.2) is 24.3 Å². The average molecular weight is 359 g/mol. The Bertz CT molecular complexity index is 681. The van der Waals surface area contributed by atoms with Crippen LogP contribution in [0.5, 0.6) is 0 Å². The fourth-order valence-corrected chi connectivity index (χ4v) is 4.20. The molecule has 3 aliphatic rings. The van der Waals surface area contributed by atoms with Crippen LogP contribution in [-0.4, -0.2) is 60.9 Å². The number of hydrogen-bond acceptors (Lipinski definition) is 3. The summed E-state index contributed by atoms with van der Waals surface area (Å²) in [7, 11) is 0. The quantitative estimate of drug-likeness (QED) is 0.830. The molecule has 1 aromatic rings. The Hall–Kier alpha value is -2.11. The van der Waals surface area contributed by atoms with Crippen LogP contribution >= 0.6 is 0 Å². The van der Waals surface area contributed by atoms with Crippen molar-refractivity contribution in [1.29, 1.82) is 0 Å². The van der Waals surface area contributed by atoms with E-state index in [1.807, 2.05) is 20.8 Å². The van der Waals surface area contributed by atoms with Crippen LogP contribution in [-0.2, 0) is 9.59 Å². The molecule has 3 fully saturated rings. The Morgan fingerprint density at radius 1 is 0.808 bits per heavy atom. The van der Waals surface area contributed by atoms with E-state index in [0.717, 1.165) is 25.9 Å². The lowest BCUT2D eigenvalue weighted by molar-refractivity contribution is -0.138. The van der Waals surface area contributed by atoms with Gasteiger partial charge < -0.3 is 14.7 Å². The number of likely N-dealkylation sites (tertiary alicyclic amines) is 1. The molecule has 2 atom stereocenters. The molecule has 2 amide bonds. The van der Waals surface area contributed by atoms with Crippen molar-refractivity contribution in [3.8, 4) is 0 Å². The van der Waals surface area contributed by atoms with Gasteiger partial charge >= 0.3 is 0 Å². The molecule has 0 N–H and O–H groups in total. The van der Waals surface area contributed by atoms with E-state index in [1.54, 1.807) is 12.1 Å². The highest BCUT2D eigenvalue weighted by Gasteiger charge is 2.51. The van der Waals surface area contributed by atoms with Crippen LogP contribution in [0.2, 0.25) is 0 Å². The number of para-hydroxylation sites is 1. The molecule has 0 aromatic heterocycles. The minimum atomic E-state index is -0.221. The largest absolute Gasteiger partial charge is 0.366 e.